The van der Waals surface area contributed by atoms with E-state index in [-0.39, 0.29) is 47.7 Å². The Hall–Kier alpha value is -0.780. The summed E-state index contributed by atoms with van der Waals surface area (Å²) in [6.45, 7) is 13.9. The normalized spacial score (nSPS) is 51.4. The van der Waals surface area contributed by atoms with Crippen molar-refractivity contribution in [2.24, 2.45) is 45.3 Å². The van der Waals surface area contributed by atoms with Gasteiger partial charge in [0.25, 0.3) is 0 Å². The lowest BCUT2D eigenvalue weighted by atomic mass is 9.34. The van der Waals surface area contributed by atoms with E-state index in [2.05, 4.69) is 47.6 Å². The smallest absolute Gasteiger partial charge is 0.187 e. The molecule has 0 aromatic rings. The highest BCUT2D eigenvalue weighted by Crippen LogP contribution is 2.76. The molecule has 6 aliphatic rings. The molecule has 13 heteroatoms. The van der Waals surface area contributed by atoms with Crippen LogP contribution in [0.25, 0.3) is 0 Å². The van der Waals surface area contributed by atoms with Crippen molar-refractivity contribution < 1.29 is 64.9 Å². The molecule has 19 unspecified atom stereocenters. The van der Waals surface area contributed by atoms with Crippen molar-refractivity contribution in [2.75, 3.05) is 19.8 Å². The molecule has 0 aromatic carbocycles. The van der Waals surface area contributed by atoms with Crippen LogP contribution in [0, 0.1) is 45.3 Å². The standard InChI is InChI=1S/C41H70O13/c1-21(2)9-8-14-40(7,50)23-12-16-39(6)22(23)10-11-26-38(5)15-13-29(37(3,4)27(38)17-28(45)41(26,39)20-43)53-36-34(32(48)31(47)25(18-42)52-36)54-35-33(49)30(46)24(44)19-51-35/h9,22-36,42-50H,8,10-20H2,1-7H3. The number of hydrogen-bond acceptors (Lipinski definition) is 13. The summed E-state index contributed by atoms with van der Waals surface area (Å²) in [5.41, 5.74) is -1.57. The molecule has 13 nitrogen and oxygen atoms in total. The minimum Gasteiger partial charge on any atom is -0.396 e. The van der Waals surface area contributed by atoms with Crippen LogP contribution in [0.1, 0.15) is 106 Å². The number of aliphatic hydroxyl groups is 9. The Balaban J connectivity index is 1.25. The first-order valence-electron chi connectivity index (χ1n) is 20.4. The van der Waals surface area contributed by atoms with E-state index in [1.54, 1.807) is 0 Å². The summed E-state index contributed by atoms with van der Waals surface area (Å²) in [5.74, 6) is 0.221. The maximum Gasteiger partial charge on any atom is 0.187 e. The Morgan fingerprint density at radius 3 is 2.19 bits per heavy atom. The van der Waals surface area contributed by atoms with Gasteiger partial charge in [-0.05, 0) is 118 Å². The van der Waals surface area contributed by atoms with E-state index < -0.39 is 90.6 Å². The lowest BCUT2D eigenvalue weighted by molar-refractivity contribution is -0.372. The Kier molecular flexibility index (Phi) is 12.2. The van der Waals surface area contributed by atoms with E-state index in [9.17, 15) is 46.0 Å². The van der Waals surface area contributed by atoms with Gasteiger partial charge < -0.3 is 64.9 Å². The SMILES string of the molecule is CC(C)=CCCC(C)(O)C1CCC2(C)C1CCC1C3(C)CCC(OC4OC(CO)C(O)C(O)C4OC4OCC(O)C(O)C4O)C(C)(C)C3CC(O)C12CO. The van der Waals surface area contributed by atoms with Crippen LogP contribution < -0.4 is 0 Å². The first-order valence-corrected chi connectivity index (χ1v) is 20.4. The monoisotopic (exact) mass is 770 g/mol. The van der Waals surface area contributed by atoms with Crippen molar-refractivity contribution in [2.45, 2.75) is 179 Å². The van der Waals surface area contributed by atoms with Gasteiger partial charge in [-0.1, -0.05) is 39.3 Å². The average molecular weight is 771 g/mol. The lowest BCUT2D eigenvalue weighted by Gasteiger charge is -2.71. The topological polar surface area (TPSA) is 219 Å². The first kappa shape index (κ1) is 42.8. The summed E-state index contributed by atoms with van der Waals surface area (Å²) in [6, 6.07) is 0. The minimum atomic E-state index is -1.66. The van der Waals surface area contributed by atoms with Crippen LogP contribution >= 0.6 is 0 Å². The maximum atomic E-state index is 12.5. The fourth-order valence-corrected chi connectivity index (χ4v) is 13.2. The van der Waals surface area contributed by atoms with Gasteiger partial charge in [-0.3, -0.25) is 0 Å². The van der Waals surface area contributed by atoms with Gasteiger partial charge in [0.15, 0.2) is 12.6 Å². The van der Waals surface area contributed by atoms with E-state index in [0.717, 1.165) is 38.5 Å². The van der Waals surface area contributed by atoms with E-state index in [1.165, 1.54) is 5.57 Å². The van der Waals surface area contributed by atoms with Gasteiger partial charge in [0.05, 0.1) is 37.6 Å². The molecule has 0 amide bonds. The Bertz CT molecular complexity index is 1340. The molecule has 2 aliphatic heterocycles. The van der Waals surface area contributed by atoms with Crippen LogP contribution in [0.4, 0.5) is 0 Å². The lowest BCUT2D eigenvalue weighted by Crippen LogP contribution is -2.71. The molecule has 312 valence electrons. The van der Waals surface area contributed by atoms with Crippen LogP contribution in [-0.4, -0.2) is 139 Å². The van der Waals surface area contributed by atoms with Gasteiger partial charge in [0, 0.05) is 5.41 Å². The van der Waals surface area contributed by atoms with Crippen molar-refractivity contribution in [1.29, 1.82) is 0 Å². The largest absolute Gasteiger partial charge is 0.396 e. The van der Waals surface area contributed by atoms with Gasteiger partial charge in [0.2, 0.25) is 0 Å². The summed E-state index contributed by atoms with van der Waals surface area (Å²) in [7, 11) is 0. The summed E-state index contributed by atoms with van der Waals surface area (Å²) < 4.78 is 24.1. The molecule has 6 rings (SSSR count). The van der Waals surface area contributed by atoms with Crippen molar-refractivity contribution in [1.82, 2.24) is 0 Å². The van der Waals surface area contributed by atoms with E-state index in [4.69, 9.17) is 18.9 Å². The molecule has 0 bridgehead atoms. The number of ether oxygens (including phenoxy) is 4. The highest BCUT2D eigenvalue weighted by molar-refractivity contribution is 5.22. The highest BCUT2D eigenvalue weighted by Gasteiger charge is 2.74. The molecule has 2 saturated heterocycles. The molecule has 0 aromatic heterocycles. The third kappa shape index (κ3) is 6.76. The van der Waals surface area contributed by atoms with Crippen LogP contribution in [-0.2, 0) is 18.9 Å². The quantitative estimate of drug-likeness (QED) is 0.114. The molecule has 4 aliphatic carbocycles. The second-order valence-electron chi connectivity index (χ2n) is 19.5. The molecule has 6 fully saturated rings. The van der Waals surface area contributed by atoms with E-state index in [1.807, 2.05) is 6.92 Å². The van der Waals surface area contributed by atoms with Gasteiger partial charge in [-0.25, -0.2) is 0 Å². The Morgan fingerprint density at radius 2 is 1.54 bits per heavy atom. The zero-order chi connectivity index (χ0) is 39.8. The maximum absolute atomic E-state index is 12.5. The van der Waals surface area contributed by atoms with Crippen molar-refractivity contribution in [3.05, 3.63) is 11.6 Å². The summed E-state index contributed by atoms with van der Waals surface area (Å²) >= 11 is 0. The van der Waals surface area contributed by atoms with Crippen molar-refractivity contribution >= 4 is 0 Å². The number of fused-ring (bicyclic) bond motifs is 5. The first-order chi connectivity index (χ1) is 25.2. The van der Waals surface area contributed by atoms with Crippen molar-refractivity contribution in [3.63, 3.8) is 0 Å². The summed E-state index contributed by atoms with van der Waals surface area (Å²) in [5, 5.41) is 98.8. The van der Waals surface area contributed by atoms with Gasteiger partial charge in [-0.2, -0.15) is 0 Å². The molecule has 4 saturated carbocycles. The van der Waals surface area contributed by atoms with Gasteiger partial charge in [0.1, 0.15) is 42.7 Å². The van der Waals surface area contributed by atoms with E-state index in [0.29, 0.717) is 19.3 Å². The number of hydrogen-bond donors (Lipinski definition) is 9. The fourth-order valence-electron chi connectivity index (χ4n) is 13.2. The summed E-state index contributed by atoms with van der Waals surface area (Å²) in [4.78, 5) is 0. The van der Waals surface area contributed by atoms with Crippen LogP contribution in [0.3, 0.4) is 0 Å². The van der Waals surface area contributed by atoms with Crippen LogP contribution in [0.15, 0.2) is 11.6 Å². The van der Waals surface area contributed by atoms with Crippen molar-refractivity contribution in [3.8, 4) is 0 Å². The molecule has 2 heterocycles. The fraction of sp³-hybridized carbons (Fsp3) is 0.951. The van der Waals surface area contributed by atoms with Gasteiger partial charge >= 0.3 is 0 Å². The predicted molar refractivity (Wildman–Crippen MR) is 196 cm³/mol. The molecule has 19 atom stereocenters. The Labute approximate surface area is 320 Å². The Morgan fingerprint density at radius 1 is 0.833 bits per heavy atom. The third-order valence-corrected chi connectivity index (χ3v) is 16.2. The average Bonchev–Trinajstić information content (AvgIpc) is 3.48. The zero-order valence-electron chi connectivity index (χ0n) is 33.4. The molecule has 54 heavy (non-hydrogen) atoms. The molecular weight excluding hydrogens is 700 g/mol. The number of aliphatic hydroxyl groups excluding tert-OH is 8. The predicted octanol–water partition coefficient (Wildman–Crippen LogP) is 1.76. The number of rotatable bonds is 10. The van der Waals surface area contributed by atoms with Crippen LogP contribution in [0.2, 0.25) is 0 Å². The van der Waals surface area contributed by atoms with E-state index >= 15 is 0 Å². The third-order valence-electron chi connectivity index (χ3n) is 16.2. The number of allylic oxidation sites excluding steroid dienone is 2. The second-order valence-corrected chi connectivity index (χ2v) is 19.5. The molecular formula is C41H70O13. The zero-order valence-corrected chi connectivity index (χ0v) is 33.4. The minimum absolute atomic E-state index is 0.0177. The molecule has 0 spiro atoms. The molecule has 9 N–H and O–H groups in total. The van der Waals surface area contributed by atoms with Gasteiger partial charge in [-0.15, -0.1) is 0 Å². The highest BCUT2D eigenvalue weighted by atomic mass is 16.8. The summed E-state index contributed by atoms with van der Waals surface area (Å²) in [6.07, 6.45) is -5.49. The molecule has 0 radical (unpaired) electrons. The van der Waals surface area contributed by atoms with Crippen LogP contribution in [0.5, 0.6) is 0 Å². The second kappa shape index (κ2) is 15.4.